The summed E-state index contributed by atoms with van der Waals surface area (Å²) < 4.78 is 4.90. The molecule has 1 aromatic rings. The summed E-state index contributed by atoms with van der Waals surface area (Å²) in [6.45, 7) is 4.27. The normalized spacial score (nSPS) is 12.5. The maximum Gasteiger partial charge on any atom is 0.291 e. The van der Waals surface area contributed by atoms with Crippen LogP contribution in [0, 0.1) is 0 Å². The zero-order valence-corrected chi connectivity index (χ0v) is 9.20. The lowest BCUT2D eigenvalue weighted by molar-refractivity contribution is 0.0895. The molecular weight excluding hydrogens is 196 g/mol. The highest BCUT2D eigenvalue weighted by Crippen LogP contribution is 1.94. The number of hydrogen-bond donors (Lipinski definition) is 2. The number of carbonyl (C=O) groups is 1. The number of methoxy groups -OCH3 is 1. The van der Waals surface area contributed by atoms with Gasteiger partial charge in [-0.25, -0.2) is 4.98 Å². The monoisotopic (exact) mass is 212 g/mol. The van der Waals surface area contributed by atoms with Crippen molar-refractivity contribution in [1.82, 2.24) is 20.5 Å². The average molecular weight is 212 g/mol. The molecule has 1 unspecified atom stereocenters. The lowest BCUT2D eigenvalue weighted by Crippen LogP contribution is -2.36. The standard InChI is InChI=1S/C9H16N4O2/c1-4-7-11-8(13-12-7)9(14)10-6(2)5-15-3/h6H,4-5H2,1-3H3,(H,10,14)(H,11,12,13). The molecule has 1 atom stereocenters. The molecule has 1 rings (SSSR count). The SMILES string of the molecule is CCc1nc(C(=O)NC(C)COC)n[nH]1. The Labute approximate surface area is 88.4 Å². The summed E-state index contributed by atoms with van der Waals surface area (Å²) in [5, 5.41) is 9.23. The molecule has 1 heterocycles. The number of hydrogen-bond acceptors (Lipinski definition) is 4. The number of nitrogens with one attached hydrogen (secondary N) is 2. The molecule has 0 saturated heterocycles. The van der Waals surface area contributed by atoms with Gasteiger partial charge in [-0.15, -0.1) is 5.10 Å². The van der Waals surface area contributed by atoms with Crippen molar-refractivity contribution in [2.45, 2.75) is 26.3 Å². The van der Waals surface area contributed by atoms with Gasteiger partial charge in [-0.05, 0) is 6.92 Å². The van der Waals surface area contributed by atoms with Crippen molar-refractivity contribution >= 4 is 5.91 Å². The highest BCUT2D eigenvalue weighted by Gasteiger charge is 2.13. The van der Waals surface area contributed by atoms with E-state index >= 15 is 0 Å². The van der Waals surface area contributed by atoms with Gasteiger partial charge in [0.15, 0.2) is 0 Å². The quantitative estimate of drug-likeness (QED) is 0.727. The summed E-state index contributed by atoms with van der Waals surface area (Å²) in [6.07, 6.45) is 0.730. The second-order valence-corrected chi connectivity index (χ2v) is 3.29. The minimum absolute atomic E-state index is 0.0499. The Balaban J connectivity index is 2.53. The van der Waals surface area contributed by atoms with E-state index in [2.05, 4.69) is 20.5 Å². The van der Waals surface area contributed by atoms with Crippen LogP contribution in [0.2, 0.25) is 0 Å². The number of aromatic nitrogens is 3. The van der Waals surface area contributed by atoms with Crippen molar-refractivity contribution in [2.75, 3.05) is 13.7 Å². The Bertz CT molecular complexity index is 324. The van der Waals surface area contributed by atoms with E-state index in [-0.39, 0.29) is 17.8 Å². The molecule has 1 amide bonds. The van der Waals surface area contributed by atoms with Crippen LogP contribution < -0.4 is 5.32 Å². The third-order valence-corrected chi connectivity index (χ3v) is 1.86. The van der Waals surface area contributed by atoms with Crippen LogP contribution >= 0.6 is 0 Å². The van der Waals surface area contributed by atoms with Gasteiger partial charge in [-0.3, -0.25) is 9.89 Å². The molecule has 0 aliphatic rings. The van der Waals surface area contributed by atoms with Crippen molar-refractivity contribution in [1.29, 1.82) is 0 Å². The topological polar surface area (TPSA) is 79.9 Å². The van der Waals surface area contributed by atoms with E-state index in [4.69, 9.17) is 4.74 Å². The predicted molar refractivity (Wildman–Crippen MR) is 54.6 cm³/mol. The Morgan fingerprint density at radius 3 is 2.93 bits per heavy atom. The lowest BCUT2D eigenvalue weighted by atomic mass is 10.3. The van der Waals surface area contributed by atoms with Crippen molar-refractivity contribution in [2.24, 2.45) is 0 Å². The van der Waals surface area contributed by atoms with Gasteiger partial charge >= 0.3 is 0 Å². The van der Waals surface area contributed by atoms with Crippen LogP contribution in [0.3, 0.4) is 0 Å². The van der Waals surface area contributed by atoms with Crippen molar-refractivity contribution in [3.8, 4) is 0 Å². The third kappa shape index (κ3) is 3.32. The average Bonchev–Trinajstić information content (AvgIpc) is 2.66. The number of rotatable bonds is 5. The first-order valence-electron chi connectivity index (χ1n) is 4.88. The van der Waals surface area contributed by atoms with E-state index < -0.39 is 0 Å². The van der Waals surface area contributed by atoms with Crippen LogP contribution in [-0.2, 0) is 11.2 Å². The van der Waals surface area contributed by atoms with Crippen LogP contribution in [0.15, 0.2) is 0 Å². The molecule has 0 aliphatic heterocycles. The molecule has 0 spiro atoms. The van der Waals surface area contributed by atoms with Gasteiger partial charge in [0.05, 0.1) is 6.61 Å². The molecule has 84 valence electrons. The number of H-pyrrole nitrogens is 1. The second kappa shape index (κ2) is 5.45. The van der Waals surface area contributed by atoms with Gasteiger partial charge in [-0.1, -0.05) is 6.92 Å². The van der Waals surface area contributed by atoms with Gasteiger partial charge in [0.1, 0.15) is 5.82 Å². The molecule has 15 heavy (non-hydrogen) atoms. The summed E-state index contributed by atoms with van der Waals surface area (Å²) in [4.78, 5) is 15.6. The molecule has 0 fully saturated rings. The second-order valence-electron chi connectivity index (χ2n) is 3.29. The number of ether oxygens (including phenoxy) is 1. The summed E-state index contributed by atoms with van der Waals surface area (Å²) >= 11 is 0. The molecule has 0 aliphatic carbocycles. The fraction of sp³-hybridized carbons (Fsp3) is 0.667. The lowest BCUT2D eigenvalue weighted by Gasteiger charge is -2.10. The Kier molecular flexibility index (Phi) is 4.23. The van der Waals surface area contributed by atoms with E-state index in [0.717, 1.165) is 6.42 Å². The van der Waals surface area contributed by atoms with Crippen LogP contribution in [0.25, 0.3) is 0 Å². The van der Waals surface area contributed by atoms with E-state index in [1.54, 1.807) is 7.11 Å². The number of amides is 1. The van der Waals surface area contributed by atoms with Gasteiger partial charge in [-0.2, -0.15) is 0 Å². The fourth-order valence-corrected chi connectivity index (χ4v) is 1.13. The molecule has 2 N–H and O–H groups in total. The zero-order valence-electron chi connectivity index (χ0n) is 9.20. The maximum atomic E-state index is 11.5. The fourth-order valence-electron chi connectivity index (χ4n) is 1.13. The first-order valence-corrected chi connectivity index (χ1v) is 4.88. The van der Waals surface area contributed by atoms with E-state index in [0.29, 0.717) is 12.4 Å². The first kappa shape index (κ1) is 11.6. The van der Waals surface area contributed by atoms with E-state index in [1.807, 2.05) is 13.8 Å². The highest BCUT2D eigenvalue weighted by molar-refractivity contribution is 5.90. The Morgan fingerprint density at radius 1 is 1.67 bits per heavy atom. The first-order chi connectivity index (χ1) is 7.17. The maximum absolute atomic E-state index is 11.5. The molecule has 0 radical (unpaired) electrons. The highest BCUT2D eigenvalue weighted by atomic mass is 16.5. The number of nitrogens with zero attached hydrogens (tertiary/aromatic N) is 2. The van der Waals surface area contributed by atoms with Crippen molar-refractivity contribution < 1.29 is 9.53 Å². The molecule has 0 bridgehead atoms. The summed E-state index contributed by atoms with van der Waals surface area (Å²) in [6, 6.07) is -0.0499. The minimum Gasteiger partial charge on any atom is -0.383 e. The summed E-state index contributed by atoms with van der Waals surface area (Å²) in [5.41, 5.74) is 0. The number of aromatic amines is 1. The zero-order chi connectivity index (χ0) is 11.3. The van der Waals surface area contributed by atoms with Crippen LogP contribution in [0.1, 0.15) is 30.3 Å². The molecule has 0 saturated carbocycles. The number of aryl methyl sites for hydroxylation is 1. The van der Waals surface area contributed by atoms with Gasteiger partial charge in [0.2, 0.25) is 5.82 Å². The van der Waals surface area contributed by atoms with Gasteiger partial charge < -0.3 is 10.1 Å². The van der Waals surface area contributed by atoms with Gasteiger partial charge in [0.25, 0.3) is 5.91 Å². The largest absolute Gasteiger partial charge is 0.383 e. The van der Waals surface area contributed by atoms with Gasteiger partial charge in [0, 0.05) is 19.6 Å². The van der Waals surface area contributed by atoms with E-state index in [9.17, 15) is 4.79 Å². The van der Waals surface area contributed by atoms with Crippen LogP contribution in [0.4, 0.5) is 0 Å². The number of carbonyl (C=O) groups excluding carboxylic acids is 1. The van der Waals surface area contributed by atoms with Crippen LogP contribution in [0.5, 0.6) is 0 Å². The van der Waals surface area contributed by atoms with Crippen molar-refractivity contribution in [3.63, 3.8) is 0 Å². The smallest absolute Gasteiger partial charge is 0.291 e. The summed E-state index contributed by atoms with van der Waals surface area (Å²) in [7, 11) is 1.59. The molecular formula is C9H16N4O2. The Hall–Kier alpha value is -1.43. The van der Waals surface area contributed by atoms with Crippen LogP contribution in [-0.4, -0.2) is 40.8 Å². The Morgan fingerprint density at radius 2 is 2.40 bits per heavy atom. The minimum atomic E-state index is -0.282. The van der Waals surface area contributed by atoms with Crippen molar-refractivity contribution in [3.05, 3.63) is 11.6 Å². The molecule has 0 aromatic carbocycles. The summed E-state index contributed by atoms with van der Waals surface area (Å²) in [5.74, 6) is 0.602. The molecule has 1 aromatic heterocycles. The molecule has 6 heteroatoms. The van der Waals surface area contributed by atoms with E-state index in [1.165, 1.54) is 0 Å². The predicted octanol–water partition coefficient (Wildman–Crippen LogP) is 0.132. The third-order valence-electron chi connectivity index (χ3n) is 1.86. The molecule has 6 nitrogen and oxygen atoms in total.